The van der Waals surface area contributed by atoms with Crippen molar-refractivity contribution in [1.82, 2.24) is 9.38 Å². The van der Waals surface area contributed by atoms with Crippen LogP contribution in [0.1, 0.15) is 21.6 Å². The summed E-state index contributed by atoms with van der Waals surface area (Å²) in [7, 11) is 0. The second-order valence-electron chi connectivity index (χ2n) is 6.80. The number of benzene rings is 2. The number of amides is 1. The van der Waals surface area contributed by atoms with E-state index in [-0.39, 0.29) is 17.7 Å². The Morgan fingerprint density at radius 2 is 1.93 bits per heavy atom. The van der Waals surface area contributed by atoms with E-state index in [0.29, 0.717) is 22.8 Å². The Labute approximate surface area is 171 Å². The Morgan fingerprint density at radius 1 is 1.10 bits per heavy atom. The summed E-state index contributed by atoms with van der Waals surface area (Å²) in [4.78, 5) is 29.0. The molecule has 0 atom stereocenters. The van der Waals surface area contributed by atoms with Crippen LogP contribution < -0.4 is 15.6 Å². The van der Waals surface area contributed by atoms with E-state index < -0.39 is 11.7 Å². The van der Waals surface area contributed by atoms with E-state index >= 15 is 0 Å². The highest BCUT2D eigenvalue weighted by Crippen LogP contribution is 2.19. The third-order valence-corrected chi connectivity index (χ3v) is 4.44. The Hall–Kier alpha value is -4.00. The monoisotopic (exact) mass is 403 g/mol. The molecule has 0 saturated heterocycles. The highest BCUT2D eigenvalue weighted by atomic mass is 19.1. The lowest BCUT2D eigenvalue weighted by Gasteiger charge is -2.10. The number of carbonyl (C=O) groups is 1. The lowest BCUT2D eigenvalue weighted by atomic mass is 10.2. The van der Waals surface area contributed by atoms with Gasteiger partial charge in [-0.1, -0.05) is 12.1 Å². The highest BCUT2D eigenvalue weighted by molar-refractivity contribution is 6.04. The second-order valence-corrected chi connectivity index (χ2v) is 6.80. The summed E-state index contributed by atoms with van der Waals surface area (Å²) in [6.45, 7) is 2.03. The first-order valence-corrected chi connectivity index (χ1v) is 9.27. The summed E-state index contributed by atoms with van der Waals surface area (Å²) in [5.74, 6) is -0.404. The molecule has 0 saturated carbocycles. The molecule has 30 heavy (non-hydrogen) atoms. The molecule has 7 heteroatoms. The van der Waals surface area contributed by atoms with Gasteiger partial charge in [0.1, 0.15) is 23.8 Å². The first kappa shape index (κ1) is 19.3. The molecule has 4 aromatic rings. The van der Waals surface area contributed by atoms with Gasteiger partial charge >= 0.3 is 0 Å². The molecule has 4 rings (SSSR count). The van der Waals surface area contributed by atoms with Gasteiger partial charge in [0, 0.05) is 29.6 Å². The minimum absolute atomic E-state index is 0.0982. The Morgan fingerprint density at radius 3 is 2.77 bits per heavy atom. The largest absolute Gasteiger partial charge is 0.487 e. The fourth-order valence-electron chi connectivity index (χ4n) is 2.98. The topological polar surface area (TPSA) is 72.7 Å². The van der Waals surface area contributed by atoms with Crippen molar-refractivity contribution in [1.29, 1.82) is 0 Å². The number of carbonyl (C=O) groups excluding carboxylic acids is 1. The van der Waals surface area contributed by atoms with Crippen LogP contribution in [0.25, 0.3) is 5.65 Å². The van der Waals surface area contributed by atoms with E-state index in [0.717, 1.165) is 5.56 Å². The molecule has 1 N–H and O–H groups in total. The molecule has 0 bridgehead atoms. The number of nitrogens with one attached hydrogen (secondary N) is 1. The van der Waals surface area contributed by atoms with Crippen molar-refractivity contribution in [3.8, 4) is 5.75 Å². The average Bonchev–Trinajstić information content (AvgIpc) is 2.72. The van der Waals surface area contributed by atoms with Gasteiger partial charge in [-0.3, -0.25) is 14.0 Å². The Bertz CT molecular complexity index is 1300. The van der Waals surface area contributed by atoms with Gasteiger partial charge in [-0.15, -0.1) is 0 Å². The second kappa shape index (κ2) is 8.16. The van der Waals surface area contributed by atoms with Crippen molar-refractivity contribution >= 4 is 17.2 Å². The molecule has 1 amide bonds. The van der Waals surface area contributed by atoms with E-state index in [1.54, 1.807) is 30.5 Å². The molecule has 0 spiro atoms. The summed E-state index contributed by atoms with van der Waals surface area (Å²) in [5, 5.41) is 2.71. The predicted molar refractivity (Wildman–Crippen MR) is 111 cm³/mol. The first-order chi connectivity index (χ1) is 14.5. The number of hydrogen-bond donors (Lipinski definition) is 1. The number of aromatic nitrogens is 2. The van der Waals surface area contributed by atoms with Gasteiger partial charge in [0.15, 0.2) is 0 Å². The fraction of sp³-hybridized carbons (Fsp3) is 0.0870. The number of ether oxygens (including phenoxy) is 1. The van der Waals surface area contributed by atoms with Crippen LogP contribution in [0.15, 0.2) is 77.7 Å². The van der Waals surface area contributed by atoms with Gasteiger partial charge in [-0.25, -0.2) is 9.37 Å². The van der Waals surface area contributed by atoms with Crippen LogP contribution in [-0.2, 0) is 6.61 Å². The third-order valence-electron chi connectivity index (χ3n) is 4.44. The first-order valence-electron chi connectivity index (χ1n) is 9.27. The van der Waals surface area contributed by atoms with E-state index in [4.69, 9.17) is 4.74 Å². The number of hydrogen-bond acceptors (Lipinski definition) is 4. The maximum absolute atomic E-state index is 13.3. The summed E-state index contributed by atoms with van der Waals surface area (Å²) in [6, 6.07) is 17.4. The highest BCUT2D eigenvalue weighted by Gasteiger charge is 2.08. The predicted octanol–water partition coefficient (Wildman–Crippen LogP) is 3.97. The number of halogens is 1. The zero-order chi connectivity index (χ0) is 21.1. The van der Waals surface area contributed by atoms with Crippen LogP contribution in [-0.4, -0.2) is 15.3 Å². The third kappa shape index (κ3) is 4.35. The average molecular weight is 403 g/mol. The Kier molecular flexibility index (Phi) is 5.26. The van der Waals surface area contributed by atoms with Gasteiger partial charge < -0.3 is 10.1 Å². The number of nitrogens with zero attached hydrogens (tertiary/aromatic N) is 2. The van der Waals surface area contributed by atoms with E-state index in [9.17, 15) is 14.0 Å². The van der Waals surface area contributed by atoms with Gasteiger partial charge in [0.05, 0.1) is 5.69 Å². The number of fused-ring (bicyclic) bond motifs is 1. The molecule has 0 radical (unpaired) electrons. The van der Waals surface area contributed by atoms with Crippen molar-refractivity contribution in [2.24, 2.45) is 0 Å². The van der Waals surface area contributed by atoms with Crippen LogP contribution >= 0.6 is 0 Å². The molecular formula is C23H18FN3O3. The van der Waals surface area contributed by atoms with Gasteiger partial charge in [-0.05, 0) is 55.0 Å². The van der Waals surface area contributed by atoms with Crippen LogP contribution in [0.5, 0.6) is 5.75 Å². The Balaban J connectivity index is 1.48. The molecule has 150 valence electrons. The number of anilines is 1. The molecule has 2 heterocycles. The van der Waals surface area contributed by atoms with Crippen molar-refractivity contribution in [2.75, 3.05) is 5.32 Å². The fourth-order valence-corrected chi connectivity index (χ4v) is 2.98. The summed E-state index contributed by atoms with van der Waals surface area (Å²) >= 11 is 0. The van der Waals surface area contributed by atoms with E-state index in [2.05, 4.69) is 10.3 Å². The van der Waals surface area contributed by atoms with Crippen molar-refractivity contribution < 1.29 is 13.9 Å². The quantitative estimate of drug-likeness (QED) is 0.547. The maximum atomic E-state index is 13.3. The molecule has 0 aliphatic rings. The standard InChI is InChI=1S/C23H18FN3O3/c1-15-8-9-27-21(10-15)25-19(13-22(27)28)14-30-20-7-3-6-18(12-20)26-23(29)16-4-2-5-17(24)11-16/h2-13H,14H2,1H3,(H,26,29). The van der Waals surface area contributed by atoms with E-state index in [1.165, 1.54) is 34.7 Å². The molecule has 2 aromatic heterocycles. The molecular weight excluding hydrogens is 385 g/mol. The van der Waals surface area contributed by atoms with Crippen LogP contribution in [0.3, 0.4) is 0 Å². The van der Waals surface area contributed by atoms with Gasteiger partial charge in [0.25, 0.3) is 11.5 Å². The van der Waals surface area contributed by atoms with Crippen LogP contribution in [0.2, 0.25) is 0 Å². The smallest absolute Gasteiger partial charge is 0.258 e. The lowest BCUT2D eigenvalue weighted by molar-refractivity contribution is 0.102. The van der Waals surface area contributed by atoms with Crippen LogP contribution in [0, 0.1) is 12.7 Å². The summed E-state index contributed by atoms with van der Waals surface area (Å²) < 4.78 is 20.5. The zero-order valence-corrected chi connectivity index (χ0v) is 16.1. The molecule has 6 nitrogen and oxygen atoms in total. The molecule has 0 aliphatic heterocycles. The normalized spacial score (nSPS) is 10.7. The number of rotatable bonds is 5. The lowest BCUT2D eigenvalue weighted by Crippen LogP contribution is -2.16. The van der Waals surface area contributed by atoms with Crippen molar-refractivity contribution in [3.63, 3.8) is 0 Å². The van der Waals surface area contributed by atoms with Crippen molar-refractivity contribution in [2.45, 2.75) is 13.5 Å². The number of aryl methyl sites for hydroxylation is 1. The van der Waals surface area contributed by atoms with E-state index in [1.807, 2.05) is 19.1 Å². The molecule has 2 aromatic carbocycles. The molecule has 0 fully saturated rings. The zero-order valence-electron chi connectivity index (χ0n) is 16.1. The minimum atomic E-state index is -0.478. The van der Waals surface area contributed by atoms with Gasteiger partial charge in [-0.2, -0.15) is 0 Å². The summed E-state index contributed by atoms with van der Waals surface area (Å²) in [5.41, 5.74) is 2.59. The molecule has 0 aliphatic carbocycles. The van der Waals surface area contributed by atoms with Crippen molar-refractivity contribution in [3.05, 3.63) is 106 Å². The summed E-state index contributed by atoms with van der Waals surface area (Å²) in [6.07, 6.45) is 1.69. The van der Waals surface area contributed by atoms with Gasteiger partial charge in [0.2, 0.25) is 0 Å². The maximum Gasteiger partial charge on any atom is 0.258 e. The SMILES string of the molecule is Cc1ccn2c(=O)cc(COc3cccc(NC(=O)c4cccc(F)c4)c3)nc2c1. The number of pyridine rings is 1. The minimum Gasteiger partial charge on any atom is -0.487 e. The van der Waals surface area contributed by atoms with Crippen LogP contribution in [0.4, 0.5) is 10.1 Å². The molecule has 0 unspecified atom stereocenters.